The largest absolute Gasteiger partial charge is 0.507 e. The smallest absolute Gasteiger partial charge is 0.123 e. The Morgan fingerprint density at radius 1 is 0.625 bits per heavy atom. The summed E-state index contributed by atoms with van der Waals surface area (Å²) in [6, 6.07) is 10.1. The van der Waals surface area contributed by atoms with Crippen molar-refractivity contribution in [2.45, 2.75) is 27.7 Å². The first-order valence-electron chi connectivity index (χ1n) is 5.69. The van der Waals surface area contributed by atoms with E-state index in [1.54, 1.807) is 36.4 Å². The van der Waals surface area contributed by atoms with Crippen molar-refractivity contribution in [1.82, 2.24) is 0 Å². The minimum Gasteiger partial charge on any atom is -0.507 e. The van der Waals surface area contributed by atoms with Crippen molar-refractivity contribution in [2.24, 2.45) is 0 Å². The number of benzene rings is 2. The molecule has 0 unspecified atom stereocenters. The zero-order valence-corrected chi connectivity index (χ0v) is 10.4. The van der Waals surface area contributed by atoms with Crippen LogP contribution in [-0.4, -0.2) is 10.2 Å². The van der Waals surface area contributed by atoms with E-state index >= 15 is 0 Å². The van der Waals surface area contributed by atoms with E-state index in [1.807, 2.05) is 27.7 Å². The molecule has 2 aromatic rings. The fourth-order valence-corrected chi connectivity index (χ4v) is 1.28. The van der Waals surface area contributed by atoms with Crippen LogP contribution in [0.15, 0.2) is 36.4 Å². The Labute approximate surface area is 97.2 Å². The minimum atomic E-state index is 0.198. The molecule has 0 aliphatic rings. The number of rotatable bonds is 0. The summed E-state index contributed by atoms with van der Waals surface area (Å²) in [4.78, 5) is 0. The first-order chi connectivity index (χ1) is 7.79. The molecule has 16 heavy (non-hydrogen) atoms. The molecule has 2 heteroatoms. The van der Waals surface area contributed by atoms with E-state index in [2.05, 4.69) is 0 Å². The summed E-state index contributed by atoms with van der Waals surface area (Å²) < 4.78 is 0. The average molecular weight is 220 g/mol. The van der Waals surface area contributed by atoms with Crippen LogP contribution in [0.25, 0.3) is 10.8 Å². The van der Waals surface area contributed by atoms with Crippen LogP contribution in [0.4, 0.5) is 0 Å². The van der Waals surface area contributed by atoms with Gasteiger partial charge in [-0.3, -0.25) is 0 Å². The van der Waals surface area contributed by atoms with Gasteiger partial charge in [0.25, 0.3) is 0 Å². The van der Waals surface area contributed by atoms with Gasteiger partial charge in [0, 0.05) is 10.8 Å². The Hall–Kier alpha value is -1.70. The minimum absolute atomic E-state index is 0.198. The molecule has 0 aliphatic heterocycles. The van der Waals surface area contributed by atoms with Gasteiger partial charge in [0.05, 0.1) is 0 Å². The lowest BCUT2D eigenvalue weighted by Gasteiger charge is -2.01. The highest BCUT2D eigenvalue weighted by Crippen LogP contribution is 2.29. The molecule has 0 bridgehead atoms. The van der Waals surface area contributed by atoms with Crippen molar-refractivity contribution >= 4 is 10.8 Å². The third-order valence-corrected chi connectivity index (χ3v) is 1.88. The van der Waals surface area contributed by atoms with Gasteiger partial charge in [-0.2, -0.15) is 0 Å². The highest BCUT2D eigenvalue weighted by Gasteiger charge is 2.00. The van der Waals surface area contributed by atoms with Crippen molar-refractivity contribution in [1.29, 1.82) is 0 Å². The van der Waals surface area contributed by atoms with Crippen LogP contribution >= 0.6 is 0 Å². The van der Waals surface area contributed by atoms with E-state index in [0.29, 0.717) is 10.8 Å². The number of fused-ring (bicyclic) bond motifs is 1. The summed E-state index contributed by atoms with van der Waals surface area (Å²) in [6.45, 7) is 8.00. The normalized spacial score (nSPS) is 8.50. The van der Waals surface area contributed by atoms with Gasteiger partial charge >= 0.3 is 0 Å². The second kappa shape index (κ2) is 7.57. The van der Waals surface area contributed by atoms with Crippen molar-refractivity contribution in [3.05, 3.63) is 36.4 Å². The van der Waals surface area contributed by atoms with Crippen LogP contribution in [0.2, 0.25) is 0 Å². The van der Waals surface area contributed by atoms with Gasteiger partial charge in [-0.15, -0.1) is 0 Å². The van der Waals surface area contributed by atoms with Crippen LogP contribution in [0, 0.1) is 0 Å². The maximum atomic E-state index is 9.38. The maximum Gasteiger partial charge on any atom is 0.123 e. The summed E-state index contributed by atoms with van der Waals surface area (Å²) in [7, 11) is 0. The highest BCUT2D eigenvalue weighted by atomic mass is 16.3. The first-order valence-corrected chi connectivity index (χ1v) is 5.69. The van der Waals surface area contributed by atoms with Crippen LogP contribution in [0.5, 0.6) is 11.5 Å². The fraction of sp³-hybridized carbons (Fsp3) is 0.286. The third-order valence-electron chi connectivity index (χ3n) is 1.88. The zero-order chi connectivity index (χ0) is 12.6. The molecule has 2 nitrogen and oxygen atoms in total. The molecular weight excluding hydrogens is 200 g/mol. The van der Waals surface area contributed by atoms with Crippen molar-refractivity contribution in [3.8, 4) is 11.5 Å². The lowest BCUT2D eigenvalue weighted by molar-refractivity contribution is 0.475. The SMILES string of the molecule is CC.CC.Oc1cccc2c(O)cccc12. The monoisotopic (exact) mass is 220 g/mol. The van der Waals surface area contributed by atoms with E-state index in [1.165, 1.54) is 0 Å². The molecule has 0 fully saturated rings. The van der Waals surface area contributed by atoms with Crippen LogP contribution in [0.1, 0.15) is 27.7 Å². The molecule has 2 rings (SSSR count). The van der Waals surface area contributed by atoms with E-state index in [4.69, 9.17) is 0 Å². The Morgan fingerprint density at radius 3 is 1.25 bits per heavy atom. The van der Waals surface area contributed by atoms with Crippen molar-refractivity contribution < 1.29 is 10.2 Å². The third kappa shape index (κ3) is 3.16. The second-order valence-electron chi connectivity index (χ2n) is 2.65. The topological polar surface area (TPSA) is 40.5 Å². The standard InChI is InChI=1S/C10H8O2.2C2H6/c11-9-5-1-3-7-8(9)4-2-6-10(7)12;2*1-2/h1-6,11-12H;2*1-2H3. The molecule has 0 saturated carbocycles. The van der Waals surface area contributed by atoms with Gasteiger partial charge < -0.3 is 10.2 Å². The van der Waals surface area contributed by atoms with E-state index < -0.39 is 0 Å². The Bertz CT molecular complexity index is 381. The zero-order valence-electron chi connectivity index (χ0n) is 10.4. The molecule has 0 amide bonds. The molecule has 2 N–H and O–H groups in total. The molecule has 0 saturated heterocycles. The van der Waals surface area contributed by atoms with Crippen LogP contribution in [0.3, 0.4) is 0 Å². The van der Waals surface area contributed by atoms with E-state index in [9.17, 15) is 10.2 Å². The molecule has 0 aromatic heterocycles. The Balaban J connectivity index is 0.000000509. The van der Waals surface area contributed by atoms with E-state index in [0.717, 1.165) is 0 Å². The summed E-state index contributed by atoms with van der Waals surface area (Å²) >= 11 is 0. The molecule has 0 atom stereocenters. The number of phenols is 2. The Kier molecular flexibility index (Phi) is 6.77. The van der Waals surface area contributed by atoms with E-state index in [-0.39, 0.29) is 11.5 Å². The summed E-state index contributed by atoms with van der Waals surface area (Å²) in [5.41, 5.74) is 0. The van der Waals surface area contributed by atoms with Crippen LogP contribution < -0.4 is 0 Å². The Morgan fingerprint density at radius 2 is 0.938 bits per heavy atom. The van der Waals surface area contributed by atoms with Crippen molar-refractivity contribution in [2.75, 3.05) is 0 Å². The van der Waals surface area contributed by atoms with Crippen LogP contribution in [-0.2, 0) is 0 Å². The molecule has 88 valence electrons. The molecule has 2 aromatic carbocycles. The molecule has 0 heterocycles. The molecule has 0 aliphatic carbocycles. The lowest BCUT2D eigenvalue weighted by Crippen LogP contribution is -1.73. The predicted molar refractivity (Wildman–Crippen MR) is 70.0 cm³/mol. The van der Waals surface area contributed by atoms with Crippen molar-refractivity contribution in [3.63, 3.8) is 0 Å². The van der Waals surface area contributed by atoms with Gasteiger partial charge in [0.2, 0.25) is 0 Å². The summed E-state index contributed by atoms with van der Waals surface area (Å²) in [5.74, 6) is 0.395. The van der Waals surface area contributed by atoms with Gasteiger partial charge in [-0.1, -0.05) is 52.0 Å². The number of phenolic OH excluding ortho intramolecular Hbond substituents is 2. The molecule has 0 radical (unpaired) electrons. The van der Waals surface area contributed by atoms with Gasteiger partial charge in [0.15, 0.2) is 0 Å². The maximum absolute atomic E-state index is 9.38. The fourth-order valence-electron chi connectivity index (χ4n) is 1.28. The van der Waals surface area contributed by atoms with Gasteiger partial charge in [-0.05, 0) is 12.1 Å². The molecule has 0 spiro atoms. The lowest BCUT2D eigenvalue weighted by atomic mass is 10.1. The van der Waals surface area contributed by atoms with Gasteiger partial charge in [-0.25, -0.2) is 0 Å². The predicted octanol–water partition coefficient (Wildman–Crippen LogP) is 4.30. The van der Waals surface area contributed by atoms with Gasteiger partial charge in [0.1, 0.15) is 11.5 Å². The second-order valence-corrected chi connectivity index (χ2v) is 2.65. The molecular formula is C14H20O2. The number of hydrogen-bond donors (Lipinski definition) is 2. The summed E-state index contributed by atoms with van der Waals surface area (Å²) in [5, 5.41) is 20.1. The quantitative estimate of drug-likeness (QED) is 0.694. The average Bonchev–Trinajstić information content (AvgIpc) is 2.36. The number of hydrogen-bond acceptors (Lipinski definition) is 2. The highest BCUT2D eigenvalue weighted by molar-refractivity contribution is 5.92. The first kappa shape index (κ1) is 14.3. The number of aromatic hydroxyl groups is 2. The summed E-state index contributed by atoms with van der Waals surface area (Å²) in [6.07, 6.45) is 0.